The number of carboxylic acids is 1. The molecule has 0 aliphatic rings. The molecule has 13 heavy (non-hydrogen) atoms. The van der Waals surface area contributed by atoms with Crippen molar-refractivity contribution >= 4 is 12.0 Å². The lowest BCUT2D eigenvalue weighted by Crippen LogP contribution is -2.39. The number of hydrogen-bond acceptors (Lipinski definition) is 3. The highest BCUT2D eigenvalue weighted by atomic mass is 16.5. The predicted molar refractivity (Wildman–Crippen MR) is 45.5 cm³/mol. The van der Waals surface area contributed by atoms with Crippen molar-refractivity contribution in [3.63, 3.8) is 0 Å². The minimum Gasteiger partial charge on any atom is -0.480 e. The van der Waals surface area contributed by atoms with E-state index in [1.165, 1.54) is 0 Å². The predicted octanol–water partition coefficient (Wildman–Crippen LogP) is -0.593. The smallest absolute Gasteiger partial charge is 0.323 e. The van der Waals surface area contributed by atoms with Crippen molar-refractivity contribution in [1.29, 1.82) is 0 Å². The largest absolute Gasteiger partial charge is 0.480 e. The maximum absolute atomic E-state index is 10.8. The zero-order valence-electron chi connectivity index (χ0n) is 7.50. The molecule has 0 aromatic carbocycles. The van der Waals surface area contributed by atoms with Crippen molar-refractivity contribution in [3.8, 4) is 0 Å². The van der Waals surface area contributed by atoms with E-state index in [1.807, 2.05) is 6.92 Å². The summed E-state index contributed by atoms with van der Waals surface area (Å²) >= 11 is 0. The van der Waals surface area contributed by atoms with Gasteiger partial charge in [-0.1, -0.05) is 0 Å². The van der Waals surface area contributed by atoms with Gasteiger partial charge in [-0.2, -0.15) is 0 Å². The van der Waals surface area contributed by atoms with E-state index in [1.54, 1.807) is 0 Å². The van der Waals surface area contributed by atoms with E-state index in [0.717, 1.165) is 0 Å². The highest BCUT2D eigenvalue weighted by molar-refractivity contribution is 5.79. The molecule has 0 atom stereocenters. The number of carbonyl (C=O) groups is 2. The molecule has 0 heterocycles. The van der Waals surface area contributed by atoms with E-state index < -0.39 is 12.0 Å². The molecule has 0 aliphatic carbocycles. The van der Waals surface area contributed by atoms with Crippen molar-refractivity contribution in [2.75, 3.05) is 26.3 Å². The Balaban J connectivity index is 3.25. The molecule has 6 nitrogen and oxygen atoms in total. The number of carbonyl (C=O) groups excluding carboxylic acids is 1. The van der Waals surface area contributed by atoms with E-state index in [9.17, 15) is 9.59 Å². The monoisotopic (exact) mass is 190 g/mol. The Labute approximate surface area is 76.3 Å². The number of amides is 2. The summed E-state index contributed by atoms with van der Waals surface area (Å²) < 4.78 is 4.95. The summed E-state index contributed by atoms with van der Waals surface area (Å²) in [6.07, 6.45) is 0. The Hall–Kier alpha value is -1.30. The lowest BCUT2D eigenvalue weighted by molar-refractivity contribution is -0.135. The molecule has 0 aromatic rings. The summed E-state index contributed by atoms with van der Waals surface area (Å²) in [4.78, 5) is 20.8. The molecule has 76 valence electrons. The molecule has 0 aromatic heterocycles. The summed E-state index contributed by atoms with van der Waals surface area (Å²) in [5.41, 5.74) is 0. The number of carboxylic acid groups (broad SMARTS) is 1. The van der Waals surface area contributed by atoms with Crippen LogP contribution in [0.3, 0.4) is 0 Å². The molecule has 0 radical (unpaired) electrons. The van der Waals surface area contributed by atoms with Gasteiger partial charge in [-0.25, -0.2) is 4.79 Å². The van der Waals surface area contributed by atoms with Crippen LogP contribution in [0.1, 0.15) is 6.92 Å². The van der Waals surface area contributed by atoms with Crippen LogP contribution in [0, 0.1) is 0 Å². The van der Waals surface area contributed by atoms with Crippen LogP contribution in [0.15, 0.2) is 0 Å². The number of nitrogens with one attached hydrogen (secondary N) is 2. The van der Waals surface area contributed by atoms with Crippen LogP contribution in [-0.4, -0.2) is 43.4 Å². The number of rotatable bonds is 6. The summed E-state index contributed by atoms with van der Waals surface area (Å²) in [5, 5.41) is 12.8. The Morgan fingerprint density at radius 3 is 2.62 bits per heavy atom. The van der Waals surface area contributed by atoms with Crippen molar-refractivity contribution in [2.45, 2.75) is 6.92 Å². The first-order chi connectivity index (χ1) is 6.16. The van der Waals surface area contributed by atoms with Crippen LogP contribution in [0.4, 0.5) is 4.79 Å². The maximum atomic E-state index is 10.8. The van der Waals surface area contributed by atoms with Gasteiger partial charge in [-0.05, 0) is 6.92 Å². The van der Waals surface area contributed by atoms with Crippen molar-refractivity contribution in [1.82, 2.24) is 10.6 Å². The summed E-state index contributed by atoms with van der Waals surface area (Å²) in [5.74, 6) is -1.07. The molecule has 0 saturated heterocycles. The van der Waals surface area contributed by atoms with Crippen LogP contribution < -0.4 is 10.6 Å². The van der Waals surface area contributed by atoms with Crippen LogP contribution in [-0.2, 0) is 9.53 Å². The molecule has 2 amide bonds. The molecule has 0 saturated carbocycles. The van der Waals surface area contributed by atoms with E-state index in [2.05, 4.69) is 10.6 Å². The van der Waals surface area contributed by atoms with Crippen LogP contribution >= 0.6 is 0 Å². The first-order valence-corrected chi connectivity index (χ1v) is 3.98. The van der Waals surface area contributed by atoms with Gasteiger partial charge in [0.1, 0.15) is 6.54 Å². The summed E-state index contributed by atoms with van der Waals surface area (Å²) in [7, 11) is 0. The first kappa shape index (κ1) is 11.7. The normalized spacial score (nSPS) is 9.31. The number of urea groups is 1. The lowest BCUT2D eigenvalue weighted by atomic mass is 10.6. The highest BCUT2D eigenvalue weighted by Gasteiger charge is 2.01. The third-order valence-electron chi connectivity index (χ3n) is 1.14. The van der Waals surface area contributed by atoms with Crippen LogP contribution in [0.25, 0.3) is 0 Å². The van der Waals surface area contributed by atoms with Gasteiger partial charge in [0, 0.05) is 13.2 Å². The third-order valence-corrected chi connectivity index (χ3v) is 1.14. The quantitative estimate of drug-likeness (QED) is 0.488. The van der Waals surface area contributed by atoms with E-state index >= 15 is 0 Å². The molecular formula is C7H14N2O4. The fraction of sp³-hybridized carbons (Fsp3) is 0.714. The molecule has 0 bridgehead atoms. The van der Waals surface area contributed by atoms with E-state index in [4.69, 9.17) is 9.84 Å². The van der Waals surface area contributed by atoms with Crippen molar-refractivity contribution in [3.05, 3.63) is 0 Å². The second kappa shape index (κ2) is 7.35. The topological polar surface area (TPSA) is 87.7 Å². The van der Waals surface area contributed by atoms with Crippen LogP contribution in [0.5, 0.6) is 0 Å². The van der Waals surface area contributed by atoms with Gasteiger partial charge in [-0.15, -0.1) is 0 Å². The molecule has 6 heteroatoms. The summed E-state index contributed by atoms with van der Waals surface area (Å²) in [6.45, 7) is 2.87. The zero-order chi connectivity index (χ0) is 10.1. The number of ether oxygens (including phenoxy) is 1. The molecular weight excluding hydrogens is 176 g/mol. The van der Waals surface area contributed by atoms with Gasteiger partial charge in [0.25, 0.3) is 0 Å². The van der Waals surface area contributed by atoms with Gasteiger partial charge in [-0.3, -0.25) is 4.79 Å². The third kappa shape index (κ3) is 8.61. The second-order valence-corrected chi connectivity index (χ2v) is 2.20. The molecule has 0 spiro atoms. The Kier molecular flexibility index (Phi) is 6.62. The minimum atomic E-state index is -1.07. The summed E-state index contributed by atoms with van der Waals surface area (Å²) in [6, 6.07) is -0.498. The second-order valence-electron chi connectivity index (χ2n) is 2.20. The van der Waals surface area contributed by atoms with Gasteiger partial charge in [0.15, 0.2) is 0 Å². The molecule has 0 rings (SSSR count). The van der Waals surface area contributed by atoms with Crippen molar-refractivity contribution in [2.24, 2.45) is 0 Å². The molecule has 0 fully saturated rings. The van der Waals surface area contributed by atoms with E-state index in [-0.39, 0.29) is 6.54 Å². The fourth-order valence-corrected chi connectivity index (χ4v) is 0.599. The highest BCUT2D eigenvalue weighted by Crippen LogP contribution is 1.71. The van der Waals surface area contributed by atoms with Gasteiger partial charge in [0.2, 0.25) is 0 Å². The standard InChI is InChI=1S/C7H14N2O4/c1-2-13-4-3-8-7(12)9-5-6(10)11/h2-5H2,1H3,(H,10,11)(H2,8,9,12). The number of aliphatic carboxylic acids is 1. The average molecular weight is 190 g/mol. The minimum absolute atomic E-state index is 0.374. The first-order valence-electron chi connectivity index (χ1n) is 3.98. The molecule has 3 N–H and O–H groups in total. The Morgan fingerprint density at radius 2 is 2.08 bits per heavy atom. The van der Waals surface area contributed by atoms with Gasteiger partial charge < -0.3 is 20.5 Å². The molecule has 0 unspecified atom stereocenters. The van der Waals surface area contributed by atoms with Crippen LogP contribution in [0.2, 0.25) is 0 Å². The Morgan fingerprint density at radius 1 is 1.38 bits per heavy atom. The fourth-order valence-electron chi connectivity index (χ4n) is 0.599. The van der Waals surface area contributed by atoms with E-state index in [0.29, 0.717) is 19.8 Å². The van der Waals surface area contributed by atoms with Crippen molar-refractivity contribution < 1.29 is 19.4 Å². The number of hydrogen-bond donors (Lipinski definition) is 3. The zero-order valence-corrected chi connectivity index (χ0v) is 7.50. The van der Waals surface area contributed by atoms with Gasteiger partial charge in [0.05, 0.1) is 6.61 Å². The average Bonchev–Trinajstić information content (AvgIpc) is 2.09. The SMILES string of the molecule is CCOCCNC(=O)NCC(=O)O. The Bertz CT molecular complexity index is 172. The maximum Gasteiger partial charge on any atom is 0.323 e. The lowest BCUT2D eigenvalue weighted by Gasteiger charge is -2.05. The van der Waals surface area contributed by atoms with Gasteiger partial charge >= 0.3 is 12.0 Å². The molecule has 0 aliphatic heterocycles.